The number of halogens is 1. The van der Waals surface area contributed by atoms with Crippen molar-refractivity contribution in [3.8, 4) is 0 Å². The predicted molar refractivity (Wildman–Crippen MR) is 73.4 cm³/mol. The van der Waals surface area contributed by atoms with E-state index in [1.165, 1.54) is 6.07 Å². The van der Waals surface area contributed by atoms with Crippen molar-refractivity contribution >= 4 is 8.32 Å². The van der Waals surface area contributed by atoms with Crippen molar-refractivity contribution in [1.82, 2.24) is 4.98 Å². The summed E-state index contributed by atoms with van der Waals surface area (Å²) in [5.74, 6) is -0.242. The predicted octanol–water partition coefficient (Wildman–Crippen LogP) is 4.23. The highest BCUT2D eigenvalue weighted by Crippen LogP contribution is 2.53. The minimum Gasteiger partial charge on any atom is -0.406 e. The molecule has 2 rings (SSSR count). The van der Waals surface area contributed by atoms with Crippen LogP contribution in [-0.4, -0.2) is 13.3 Å². The molecule has 0 N–H and O–H groups in total. The number of hydrogen-bond donors (Lipinski definition) is 0. The summed E-state index contributed by atoms with van der Waals surface area (Å²) >= 11 is 0. The average molecular weight is 267 g/mol. The summed E-state index contributed by atoms with van der Waals surface area (Å²) in [6.45, 7) is 11.0. The molecule has 0 atom stereocenters. The summed E-state index contributed by atoms with van der Waals surface area (Å²) in [6, 6.07) is 3.10. The lowest BCUT2D eigenvalue weighted by Gasteiger charge is -2.39. The molecule has 0 saturated heterocycles. The minimum atomic E-state index is -1.89. The molecular formula is C14H22FNOSi. The molecule has 0 unspecified atom stereocenters. The Morgan fingerprint density at radius 2 is 1.94 bits per heavy atom. The molecule has 1 fully saturated rings. The fourth-order valence-corrected chi connectivity index (χ4v) is 3.45. The fourth-order valence-electron chi connectivity index (χ4n) is 1.86. The molecule has 1 saturated carbocycles. The standard InChI is InChI=1S/C14H22FNOSi/c1-13(2,3)18(4,5)17-14(8-9-14)12-11(15)7-6-10-16-12/h6-7,10H,8-9H2,1-5H3. The van der Waals surface area contributed by atoms with Crippen LogP contribution in [0.2, 0.25) is 18.1 Å². The first-order chi connectivity index (χ1) is 8.18. The van der Waals surface area contributed by atoms with Crippen LogP contribution in [0.3, 0.4) is 0 Å². The Morgan fingerprint density at radius 1 is 1.33 bits per heavy atom. The normalized spacial score (nSPS) is 18.8. The van der Waals surface area contributed by atoms with Crippen LogP contribution in [0.25, 0.3) is 0 Å². The van der Waals surface area contributed by atoms with Gasteiger partial charge < -0.3 is 4.43 Å². The van der Waals surface area contributed by atoms with Crippen molar-refractivity contribution < 1.29 is 8.82 Å². The molecule has 0 spiro atoms. The van der Waals surface area contributed by atoms with Crippen molar-refractivity contribution in [2.75, 3.05) is 0 Å². The summed E-state index contributed by atoms with van der Waals surface area (Å²) < 4.78 is 20.3. The highest BCUT2D eigenvalue weighted by Gasteiger charge is 2.54. The largest absolute Gasteiger partial charge is 0.406 e. The van der Waals surface area contributed by atoms with Crippen molar-refractivity contribution in [1.29, 1.82) is 0 Å². The molecule has 1 aromatic rings. The lowest BCUT2D eigenvalue weighted by atomic mass is 10.2. The number of pyridine rings is 1. The van der Waals surface area contributed by atoms with Gasteiger partial charge in [0.15, 0.2) is 8.32 Å². The Bertz CT molecular complexity index is 449. The fraction of sp³-hybridized carbons (Fsp3) is 0.643. The van der Waals surface area contributed by atoms with Crippen molar-refractivity contribution in [3.05, 3.63) is 29.8 Å². The first-order valence-corrected chi connectivity index (χ1v) is 9.40. The zero-order valence-electron chi connectivity index (χ0n) is 11.9. The molecule has 100 valence electrons. The Balaban J connectivity index is 2.27. The van der Waals surface area contributed by atoms with E-state index in [2.05, 4.69) is 38.8 Å². The molecular weight excluding hydrogens is 245 g/mol. The summed E-state index contributed by atoms with van der Waals surface area (Å²) in [7, 11) is -1.89. The number of nitrogens with zero attached hydrogens (tertiary/aromatic N) is 1. The average Bonchev–Trinajstić information content (AvgIpc) is 2.96. The molecule has 1 aliphatic carbocycles. The lowest BCUT2D eigenvalue weighted by Crippen LogP contribution is -2.44. The van der Waals surface area contributed by atoms with E-state index in [0.717, 1.165) is 12.8 Å². The van der Waals surface area contributed by atoms with E-state index in [0.29, 0.717) is 5.69 Å². The summed E-state index contributed by atoms with van der Waals surface area (Å²) in [5.41, 5.74) is 0.0452. The van der Waals surface area contributed by atoms with Gasteiger partial charge in [0, 0.05) is 6.20 Å². The molecule has 0 aliphatic heterocycles. The van der Waals surface area contributed by atoms with E-state index in [1.807, 2.05) is 0 Å². The maximum atomic E-state index is 13.9. The Morgan fingerprint density at radius 3 is 2.39 bits per heavy atom. The van der Waals surface area contributed by atoms with E-state index in [4.69, 9.17) is 4.43 Å². The summed E-state index contributed by atoms with van der Waals surface area (Å²) in [5, 5.41) is 0.133. The van der Waals surface area contributed by atoms with Gasteiger partial charge in [-0.1, -0.05) is 20.8 Å². The second kappa shape index (κ2) is 4.13. The van der Waals surface area contributed by atoms with Crippen LogP contribution in [0.1, 0.15) is 39.3 Å². The molecule has 0 radical (unpaired) electrons. The number of rotatable bonds is 3. The SMILES string of the molecule is CC(C)(C)[Si](C)(C)OC1(c2ncccc2F)CC1. The van der Waals surface area contributed by atoms with E-state index < -0.39 is 13.9 Å². The molecule has 0 bridgehead atoms. The van der Waals surface area contributed by atoms with Gasteiger partial charge in [-0.25, -0.2) is 4.39 Å². The lowest BCUT2D eigenvalue weighted by molar-refractivity contribution is 0.149. The Hall–Kier alpha value is -0.743. The third-order valence-electron chi connectivity index (χ3n) is 4.15. The zero-order chi connectivity index (χ0) is 13.6. The zero-order valence-corrected chi connectivity index (χ0v) is 12.9. The van der Waals surface area contributed by atoms with Gasteiger partial charge >= 0.3 is 0 Å². The molecule has 1 aromatic heterocycles. The quantitative estimate of drug-likeness (QED) is 0.765. The third-order valence-corrected chi connectivity index (χ3v) is 8.66. The van der Waals surface area contributed by atoms with Crippen LogP contribution < -0.4 is 0 Å². The van der Waals surface area contributed by atoms with Crippen LogP contribution in [0.15, 0.2) is 18.3 Å². The number of aromatic nitrogens is 1. The highest BCUT2D eigenvalue weighted by molar-refractivity contribution is 6.74. The first kappa shape index (κ1) is 13.7. The molecule has 0 amide bonds. The van der Waals surface area contributed by atoms with Gasteiger partial charge in [0.25, 0.3) is 0 Å². The van der Waals surface area contributed by atoms with Gasteiger partial charge in [0.2, 0.25) is 0 Å². The highest BCUT2D eigenvalue weighted by atomic mass is 28.4. The minimum absolute atomic E-state index is 0.133. The van der Waals surface area contributed by atoms with E-state index in [1.54, 1.807) is 12.3 Å². The first-order valence-electron chi connectivity index (χ1n) is 6.49. The molecule has 18 heavy (non-hydrogen) atoms. The van der Waals surface area contributed by atoms with Crippen LogP contribution in [-0.2, 0) is 10.0 Å². The summed E-state index contributed by atoms with van der Waals surface area (Å²) in [6.07, 6.45) is 3.41. The van der Waals surface area contributed by atoms with Crippen LogP contribution in [0.5, 0.6) is 0 Å². The van der Waals surface area contributed by atoms with Crippen molar-refractivity contribution in [3.63, 3.8) is 0 Å². The smallest absolute Gasteiger partial charge is 0.193 e. The van der Waals surface area contributed by atoms with Gasteiger partial charge in [-0.3, -0.25) is 4.98 Å². The van der Waals surface area contributed by atoms with E-state index in [9.17, 15) is 4.39 Å². The van der Waals surface area contributed by atoms with Gasteiger partial charge in [0.1, 0.15) is 17.1 Å². The van der Waals surface area contributed by atoms with Gasteiger partial charge in [0.05, 0.1) is 0 Å². The van der Waals surface area contributed by atoms with E-state index in [-0.39, 0.29) is 10.9 Å². The second-order valence-electron chi connectivity index (χ2n) is 6.69. The van der Waals surface area contributed by atoms with Gasteiger partial charge in [-0.15, -0.1) is 0 Å². The maximum Gasteiger partial charge on any atom is 0.193 e. The van der Waals surface area contributed by atoms with Crippen LogP contribution in [0, 0.1) is 5.82 Å². The monoisotopic (exact) mass is 267 g/mol. The van der Waals surface area contributed by atoms with Crippen LogP contribution >= 0.6 is 0 Å². The third kappa shape index (κ3) is 2.36. The number of hydrogen-bond acceptors (Lipinski definition) is 2. The second-order valence-corrected chi connectivity index (χ2v) is 11.4. The summed E-state index contributed by atoms with van der Waals surface area (Å²) in [4.78, 5) is 4.20. The van der Waals surface area contributed by atoms with Crippen LogP contribution in [0.4, 0.5) is 4.39 Å². The maximum absolute atomic E-state index is 13.9. The van der Waals surface area contributed by atoms with Crippen molar-refractivity contribution in [2.24, 2.45) is 0 Å². The molecule has 1 heterocycles. The molecule has 1 aliphatic rings. The van der Waals surface area contributed by atoms with Gasteiger partial charge in [-0.2, -0.15) is 0 Å². The molecule has 2 nitrogen and oxygen atoms in total. The van der Waals surface area contributed by atoms with Gasteiger partial charge in [-0.05, 0) is 43.1 Å². The Labute approximate surface area is 110 Å². The van der Waals surface area contributed by atoms with E-state index >= 15 is 0 Å². The molecule has 4 heteroatoms. The molecule has 0 aromatic carbocycles. The Kier molecular flexibility index (Phi) is 3.14. The topological polar surface area (TPSA) is 22.1 Å². The van der Waals surface area contributed by atoms with Crippen molar-refractivity contribution in [2.45, 2.75) is 57.3 Å².